The van der Waals surface area contributed by atoms with Gasteiger partial charge in [0.2, 0.25) is 35.4 Å². The Balaban J connectivity index is 1.58. The highest BCUT2D eigenvalue weighted by Crippen LogP contribution is 2.42. The van der Waals surface area contributed by atoms with Crippen LogP contribution in [-0.4, -0.2) is 313 Å². The quantitative estimate of drug-likeness (QED) is 0.0281. The number of carbonyl (C=O) groups is 10. The van der Waals surface area contributed by atoms with Crippen LogP contribution in [0, 0.1) is 5.92 Å². The number of phosphoric acid groups is 1. The Morgan fingerprint density at radius 1 is 0.374 bits per heavy atom. The van der Waals surface area contributed by atoms with Crippen LogP contribution in [0.2, 0.25) is 0 Å². The number of hydrogen-bond acceptors (Lipinski definition) is 31. The van der Waals surface area contributed by atoms with E-state index in [0.29, 0.717) is 129 Å². The van der Waals surface area contributed by atoms with Gasteiger partial charge in [0.25, 0.3) is 0 Å². The summed E-state index contributed by atoms with van der Waals surface area (Å²) < 4.78 is 73.0. The number of Topliss-reactive ketones (excluding diaryl/α,β-unsaturated/α-hetero) is 4. The minimum absolute atomic E-state index is 0.000508. The van der Waals surface area contributed by atoms with E-state index in [2.05, 4.69) is 36.4 Å². The Hall–Kier alpha value is -5.11. The number of amides is 6. The predicted molar refractivity (Wildman–Crippen MR) is 409 cm³/mol. The lowest BCUT2D eigenvalue weighted by Gasteiger charge is -2.42. The van der Waals surface area contributed by atoms with Gasteiger partial charge in [-0.25, -0.2) is 4.57 Å². The number of ether oxygens (including phenoxy) is 9. The van der Waals surface area contributed by atoms with Crippen molar-refractivity contribution in [2.75, 3.05) is 113 Å². The number of ketones is 4. The normalized spacial score (nSPS) is 24.6. The van der Waals surface area contributed by atoms with Crippen molar-refractivity contribution in [2.24, 2.45) is 5.92 Å². The molecule has 6 amide bonds. The third kappa shape index (κ3) is 44.7. The number of hydrogen-bond donors (Lipinski definition) is 16. The molecule has 9 unspecified atom stereocenters. The summed E-state index contributed by atoms with van der Waals surface area (Å²) in [5.74, 6) is -3.11. The van der Waals surface area contributed by atoms with Gasteiger partial charge in [0.05, 0.1) is 72.2 Å². The fourth-order valence-electron chi connectivity index (χ4n) is 12.8. The third-order valence-corrected chi connectivity index (χ3v) is 20.6. The summed E-state index contributed by atoms with van der Waals surface area (Å²) in [7, 11) is -3.00. The summed E-state index contributed by atoms with van der Waals surface area (Å²) >= 11 is 0. The number of rotatable bonds is 68. The van der Waals surface area contributed by atoms with Gasteiger partial charge in [0.1, 0.15) is 89.6 Å². The molecule has 3 aliphatic rings. The van der Waals surface area contributed by atoms with Crippen molar-refractivity contribution in [1.82, 2.24) is 31.9 Å². The van der Waals surface area contributed by atoms with Crippen LogP contribution in [0.15, 0.2) is 0 Å². The van der Waals surface area contributed by atoms with Crippen LogP contribution in [-0.2, 0) is 104 Å². The van der Waals surface area contributed by atoms with Gasteiger partial charge in [-0.05, 0) is 89.9 Å². The van der Waals surface area contributed by atoms with Crippen molar-refractivity contribution < 1.29 is 155 Å². The van der Waals surface area contributed by atoms with E-state index in [0.717, 1.165) is 7.11 Å². The number of aliphatic hydroxyl groups is 9. The summed E-state index contributed by atoms with van der Waals surface area (Å²) in [6, 6.07) is -2.18. The molecule has 666 valence electrons. The zero-order chi connectivity index (χ0) is 85.0. The van der Waals surface area contributed by atoms with Crippen LogP contribution < -0.4 is 31.9 Å². The van der Waals surface area contributed by atoms with Crippen LogP contribution in [0.4, 0.5) is 0 Å². The summed E-state index contributed by atoms with van der Waals surface area (Å²) in [6.07, 6.45) is -3.91. The number of nitrogens with one attached hydrogen (secondary N) is 6. The number of aliphatic hydroxyl groups excluding tert-OH is 9. The van der Waals surface area contributed by atoms with Crippen LogP contribution >= 0.6 is 7.82 Å². The Morgan fingerprint density at radius 3 is 1.13 bits per heavy atom. The van der Waals surface area contributed by atoms with Gasteiger partial charge < -0.3 is 125 Å². The van der Waals surface area contributed by atoms with Crippen LogP contribution in [0.1, 0.15) is 213 Å². The fourth-order valence-corrected chi connectivity index (χ4v) is 13.3. The predicted octanol–water partition coefficient (Wildman–Crippen LogP) is -0.00510. The van der Waals surface area contributed by atoms with Gasteiger partial charge in [0.15, 0.2) is 18.9 Å². The van der Waals surface area contributed by atoms with Gasteiger partial charge >= 0.3 is 7.82 Å². The van der Waals surface area contributed by atoms with E-state index in [1.807, 2.05) is 0 Å². The first-order chi connectivity index (χ1) is 55.0. The highest BCUT2D eigenvalue weighted by Gasteiger charge is 2.47. The molecule has 39 heteroatoms. The van der Waals surface area contributed by atoms with E-state index in [9.17, 15) is 103 Å². The minimum Gasteiger partial charge on any atom is -0.394 e. The molecule has 115 heavy (non-hydrogen) atoms. The van der Waals surface area contributed by atoms with Crippen molar-refractivity contribution in [1.29, 1.82) is 0 Å². The van der Waals surface area contributed by atoms with Crippen LogP contribution in [0.3, 0.4) is 0 Å². The van der Waals surface area contributed by atoms with Crippen LogP contribution in [0.25, 0.3) is 0 Å². The maximum Gasteiger partial charge on any atom is 0.471 e. The summed E-state index contributed by atoms with van der Waals surface area (Å²) in [5.41, 5.74) is -1.47. The first kappa shape index (κ1) is 104. The van der Waals surface area contributed by atoms with Crippen molar-refractivity contribution in [3.05, 3.63) is 0 Å². The molecule has 0 radical (unpaired) electrons. The van der Waals surface area contributed by atoms with E-state index in [-0.39, 0.29) is 191 Å². The molecule has 3 heterocycles. The SMILES string of the molecule is COP(=O)(O)OCCCCCCNC(=O)CCCC(=O)NC(COCCC(=O)CCCCCC(=O)CCCCO[C@@H]1OC(CO)[C@H](O)[C@H](O)C1C)(COCCC(=O)CCCCCC(=O)CCCCO[C@@H]1OC(CO)[C@H](O)[C@H](O)C1NC(C)=O)COCCC(=O)NCCCNC(=O)CCCCO[C@@H]1OC(CO)C(O)[C@H](O)C1NC(C)=O. The zero-order valence-electron chi connectivity index (χ0n) is 67.6. The molecule has 17 atom stereocenters. The molecular formula is C76H135N6O32P. The number of unbranched alkanes of at least 4 members (excludes halogenated alkanes) is 10. The molecule has 3 rings (SSSR count). The van der Waals surface area contributed by atoms with E-state index >= 15 is 0 Å². The van der Waals surface area contributed by atoms with Crippen molar-refractivity contribution in [2.45, 2.75) is 305 Å². The average molecular weight is 1680 g/mol. The smallest absolute Gasteiger partial charge is 0.394 e. The minimum atomic E-state index is -4.07. The molecule has 38 nitrogen and oxygen atoms in total. The Bertz CT molecular complexity index is 2750. The van der Waals surface area contributed by atoms with Gasteiger partial charge in [0, 0.05) is 143 Å². The lowest BCUT2D eigenvalue weighted by Crippen LogP contribution is -2.64. The first-order valence-corrected chi connectivity index (χ1v) is 42.2. The second kappa shape index (κ2) is 60.4. The first-order valence-electron chi connectivity index (χ1n) is 40.7. The van der Waals surface area contributed by atoms with E-state index in [4.69, 9.17) is 47.2 Å². The van der Waals surface area contributed by atoms with E-state index in [1.165, 1.54) is 13.8 Å². The molecule has 3 saturated heterocycles. The van der Waals surface area contributed by atoms with Crippen molar-refractivity contribution in [3.63, 3.8) is 0 Å². The monoisotopic (exact) mass is 1670 g/mol. The second-order valence-corrected chi connectivity index (χ2v) is 31.1. The van der Waals surface area contributed by atoms with E-state index in [1.54, 1.807) is 6.92 Å². The Labute approximate surface area is 674 Å². The Morgan fingerprint density at radius 2 is 0.704 bits per heavy atom. The van der Waals surface area contributed by atoms with Crippen LogP contribution in [0.5, 0.6) is 0 Å². The molecule has 3 aliphatic heterocycles. The van der Waals surface area contributed by atoms with Crippen molar-refractivity contribution >= 4 is 66.4 Å². The van der Waals surface area contributed by atoms with E-state index < -0.39 is 143 Å². The molecule has 0 aromatic rings. The summed E-state index contributed by atoms with van der Waals surface area (Å²) in [6.45, 7) is 2.61. The largest absolute Gasteiger partial charge is 0.471 e. The standard InChI is InChI=1S/C76H135N6O32P/c1-51-67(96)68(97)58(45-83)112-73(51)108-38-18-13-27-54(88)23-9-7-11-25-56(90)32-42-105-48-76(82-64(95)31-21-30-62(93)77-35-16-5-6-17-41-111-115(102,103)104-4,49-106-43-33-57(91)26-12-8-10-24-55(89)28-14-19-39-109-74-65(80-52(2)86)71(100)69(98)59(46-84)113-74)50-107-44-34-63(94)79-37-22-36-78-61(92)29-15-20-40-110-75-66(81-53(3)87)72(101)70(99)60(47-85)114-75/h51,58-60,65-75,83-85,96-101H,5-50H2,1-4H3,(H,77,93)(H,78,92)(H,79,94)(H,80,86)(H,81,87)(H,82,95)(H,102,103)/t51?,58?,59?,60?,65?,66?,67-,68+,69+,70?,71-,72-,73-,74-,75-,76?/m1/s1. The van der Waals surface area contributed by atoms with Gasteiger partial charge in [-0.1, -0.05) is 32.6 Å². The summed E-state index contributed by atoms with van der Waals surface area (Å²) in [4.78, 5) is 137. The molecule has 0 aromatic carbocycles. The fraction of sp³-hybridized carbons (Fsp3) is 0.868. The summed E-state index contributed by atoms with van der Waals surface area (Å²) in [5, 5.41) is 107. The lowest BCUT2D eigenvalue weighted by molar-refractivity contribution is -0.282. The molecule has 0 bridgehead atoms. The highest BCUT2D eigenvalue weighted by molar-refractivity contribution is 7.47. The third-order valence-electron chi connectivity index (χ3n) is 19.6. The zero-order valence-corrected chi connectivity index (χ0v) is 68.5. The average Bonchev–Trinajstić information content (AvgIpc) is 0.813. The van der Waals surface area contributed by atoms with Gasteiger partial charge in [-0.2, -0.15) is 0 Å². The van der Waals surface area contributed by atoms with Crippen molar-refractivity contribution in [3.8, 4) is 0 Å². The maximum atomic E-state index is 13.9. The molecular weight excluding hydrogens is 1540 g/mol. The highest BCUT2D eigenvalue weighted by atomic mass is 31.2. The molecule has 0 saturated carbocycles. The molecule has 0 aromatic heterocycles. The van der Waals surface area contributed by atoms with Gasteiger partial charge in [-0.15, -0.1) is 0 Å². The Kier molecular flexibility index (Phi) is 54.6. The number of phosphoric ester groups is 1. The topological polar surface area (TPSA) is 564 Å². The maximum absolute atomic E-state index is 13.9. The molecule has 0 spiro atoms. The molecule has 3 fully saturated rings. The van der Waals surface area contributed by atoms with Gasteiger partial charge in [-0.3, -0.25) is 57.0 Å². The molecule has 16 N–H and O–H groups in total. The lowest BCUT2D eigenvalue weighted by atomic mass is 9.92. The number of carbonyl (C=O) groups excluding carboxylic acids is 10. The molecule has 0 aliphatic carbocycles. The second-order valence-electron chi connectivity index (χ2n) is 29.6.